The number of carboxylic acids is 1. The van der Waals surface area contributed by atoms with Crippen LogP contribution in [0.3, 0.4) is 0 Å². The molecular weight excluding hydrogens is 1130 g/mol. The average molecular weight is 1290 g/mol. The molecule has 0 rings (SSSR count). The van der Waals surface area contributed by atoms with Crippen LogP contribution >= 0.6 is 0 Å². The van der Waals surface area contributed by atoms with Gasteiger partial charge in [0.25, 0.3) is 0 Å². The molecule has 0 saturated heterocycles. The van der Waals surface area contributed by atoms with Crippen molar-refractivity contribution < 1.29 is 42.9 Å². The number of rotatable bonds is 79. The van der Waals surface area contributed by atoms with Crippen LogP contribution in [-0.4, -0.2) is 82.3 Å². The average Bonchev–Trinajstić information content (AvgIpc) is 3.50. The van der Waals surface area contributed by atoms with Crippen molar-refractivity contribution in [2.75, 3.05) is 47.5 Å². The maximum absolute atomic E-state index is 13.0. The van der Waals surface area contributed by atoms with Gasteiger partial charge in [-0.15, -0.1) is 0 Å². The van der Waals surface area contributed by atoms with Crippen LogP contribution in [0.1, 0.15) is 450 Å². The summed E-state index contributed by atoms with van der Waals surface area (Å²) in [6.45, 7) is 4.86. The lowest BCUT2D eigenvalue weighted by atomic mass is 10.0. The highest BCUT2D eigenvalue weighted by atomic mass is 16.7. The molecule has 2 unspecified atom stereocenters. The molecule has 0 N–H and O–H groups in total. The Balaban J connectivity index is 3.92. The fourth-order valence-corrected chi connectivity index (χ4v) is 13.1. The summed E-state index contributed by atoms with van der Waals surface area (Å²) < 4.78 is 22.9. The number of hydrogen-bond donors (Lipinski definition) is 0. The summed E-state index contributed by atoms with van der Waals surface area (Å²) in [6, 6.07) is 0. The Morgan fingerprint density at radius 3 is 0.703 bits per heavy atom. The number of nitrogens with zero attached hydrogens (tertiary/aromatic N) is 1. The van der Waals surface area contributed by atoms with Gasteiger partial charge in [-0.1, -0.05) is 425 Å². The van der Waals surface area contributed by atoms with E-state index in [1.807, 2.05) is 21.1 Å². The van der Waals surface area contributed by atoms with E-state index < -0.39 is 24.3 Å². The number of unbranched alkanes of at least 4 members (excludes halogenated alkanes) is 64. The van der Waals surface area contributed by atoms with Crippen molar-refractivity contribution in [3.05, 3.63) is 0 Å². The Hall–Kier alpha value is -1.71. The monoisotopic (exact) mass is 1290 g/mol. The Morgan fingerprint density at radius 1 is 0.286 bits per heavy atom. The third-order valence-corrected chi connectivity index (χ3v) is 19.4. The molecule has 0 aliphatic rings. The van der Waals surface area contributed by atoms with E-state index in [2.05, 4.69) is 13.8 Å². The second kappa shape index (κ2) is 74.1. The van der Waals surface area contributed by atoms with Crippen LogP contribution in [0, 0.1) is 0 Å². The van der Waals surface area contributed by atoms with Gasteiger partial charge in [0.05, 0.1) is 40.3 Å². The van der Waals surface area contributed by atoms with E-state index >= 15 is 0 Å². The first-order chi connectivity index (χ1) is 44.6. The molecule has 0 fully saturated rings. The molecule has 0 aromatic carbocycles. The minimum absolute atomic E-state index is 0.154. The van der Waals surface area contributed by atoms with Gasteiger partial charge in [0.1, 0.15) is 13.2 Å². The van der Waals surface area contributed by atoms with Gasteiger partial charge in [-0.2, -0.15) is 0 Å². The zero-order valence-corrected chi connectivity index (χ0v) is 62.3. The first kappa shape index (κ1) is 89.3. The van der Waals surface area contributed by atoms with Crippen molar-refractivity contribution >= 4 is 17.9 Å². The van der Waals surface area contributed by atoms with E-state index in [0.29, 0.717) is 17.4 Å². The molecule has 542 valence electrons. The molecule has 0 bridgehead atoms. The fourth-order valence-electron chi connectivity index (χ4n) is 13.1. The largest absolute Gasteiger partial charge is 0.545 e. The number of hydrogen-bond acceptors (Lipinski definition) is 8. The second-order valence-corrected chi connectivity index (χ2v) is 29.8. The van der Waals surface area contributed by atoms with Crippen LogP contribution in [-0.2, 0) is 33.3 Å². The number of carboxylic acid groups (broad SMARTS) is 1. The highest BCUT2D eigenvalue weighted by Crippen LogP contribution is 2.21. The van der Waals surface area contributed by atoms with Gasteiger partial charge in [-0.25, -0.2) is 0 Å². The summed E-state index contributed by atoms with van der Waals surface area (Å²) in [7, 11) is 5.96. The number of aliphatic carboxylic acids is 1. The molecule has 2 atom stereocenters. The standard InChI is InChI=1S/C82H161NO8/c1-6-8-10-12-14-16-18-20-22-24-26-28-30-32-34-36-37-38-39-40-41-42-43-45-47-49-51-53-55-57-59-61-63-65-67-69-71-73-80(85)91-78(77-90-82(81(86)87)88-75-74-83(3,4)5)76-89-79(84)72-70-68-66-64-62-60-58-56-54-52-50-48-46-44-35-33-31-29-27-25-23-21-19-17-15-13-11-9-7-2/h78,82H,6-77H2,1-5H3. The van der Waals surface area contributed by atoms with Crippen molar-refractivity contribution in [2.45, 2.75) is 463 Å². The van der Waals surface area contributed by atoms with E-state index in [4.69, 9.17) is 18.9 Å². The van der Waals surface area contributed by atoms with Crippen LogP contribution in [0.4, 0.5) is 0 Å². The molecule has 0 aliphatic carbocycles. The highest BCUT2D eigenvalue weighted by molar-refractivity contribution is 5.70. The third-order valence-electron chi connectivity index (χ3n) is 19.4. The van der Waals surface area contributed by atoms with Crippen LogP contribution in [0.15, 0.2) is 0 Å². The van der Waals surface area contributed by atoms with Crippen molar-refractivity contribution in [3.8, 4) is 0 Å². The van der Waals surface area contributed by atoms with E-state index in [0.717, 1.165) is 38.5 Å². The lowest BCUT2D eigenvalue weighted by molar-refractivity contribution is -0.870. The number of ether oxygens (including phenoxy) is 4. The van der Waals surface area contributed by atoms with Gasteiger partial charge >= 0.3 is 11.9 Å². The van der Waals surface area contributed by atoms with E-state index in [9.17, 15) is 19.5 Å². The molecule has 91 heavy (non-hydrogen) atoms. The topological polar surface area (TPSA) is 111 Å². The smallest absolute Gasteiger partial charge is 0.306 e. The molecule has 9 heteroatoms. The van der Waals surface area contributed by atoms with E-state index in [1.54, 1.807) is 0 Å². The molecular formula is C82H161NO8. The lowest BCUT2D eigenvalue weighted by Crippen LogP contribution is -2.44. The summed E-state index contributed by atoms with van der Waals surface area (Å²) >= 11 is 0. The van der Waals surface area contributed by atoms with Gasteiger partial charge in [0.2, 0.25) is 0 Å². The highest BCUT2D eigenvalue weighted by Gasteiger charge is 2.22. The third kappa shape index (κ3) is 75.5. The summed E-state index contributed by atoms with van der Waals surface area (Å²) in [4.78, 5) is 37.6. The number of esters is 2. The lowest BCUT2D eigenvalue weighted by Gasteiger charge is -2.26. The minimum Gasteiger partial charge on any atom is -0.545 e. The molecule has 0 amide bonds. The summed E-state index contributed by atoms with van der Waals surface area (Å²) in [6.07, 6.45) is 88.2. The Kier molecular flexibility index (Phi) is 72.7. The molecule has 0 aromatic rings. The Labute approximate surface area is 568 Å². The predicted molar refractivity (Wildman–Crippen MR) is 390 cm³/mol. The molecule has 0 aliphatic heterocycles. The first-order valence-corrected chi connectivity index (χ1v) is 41.2. The molecule has 0 saturated carbocycles. The number of quaternary nitrogens is 1. The van der Waals surface area contributed by atoms with Gasteiger partial charge in [-0.3, -0.25) is 9.59 Å². The quantitative estimate of drug-likeness (QED) is 0.0256. The molecule has 0 heterocycles. The molecule has 0 spiro atoms. The van der Waals surface area contributed by atoms with Gasteiger partial charge in [0.15, 0.2) is 12.4 Å². The predicted octanol–water partition coefficient (Wildman–Crippen LogP) is 24.8. The Morgan fingerprint density at radius 2 is 0.495 bits per heavy atom. The zero-order valence-electron chi connectivity index (χ0n) is 62.3. The maximum atomic E-state index is 13.0. The molecule has 9 nitrogen and oxygen atoms in total. The van der Waals surface area contributed by atoms with Crippen molar-refractivity contribution in [1.82, 2.24) is 0 Å². The van der Waals surface area contributed by atoms with Crippen LogP contribution in [0.5, 0.6) is 0 Å². The van der Waals surface area contributed by atoms with Gasteiger partial charge < -0.3 is 33.3 Å². The fraction of sp³-hybridized carbons (Fsp3) is 0.963. The summed E-state index contributed by atoms with van der Waals surface area (Å²) in [5.74, 6) is -2.24. The number of carbonyl (C=O) groups excluding carboxylic acids is 3. The van der Waals surface area contributed by atoms with Crippen LogP contribution < -0.4 is 5.11 Å². The normalized spacial score (nSPS) is 12.5. The van der Waals surface area contributed by atoms with Crippen molar-refractivity contribution in [2.24, 2.45) is 0 Å². The van der Waals surface area contributed by atoms with E-state index in [-0.39, 0.29) is 32.2 Å². The molecule has 0 radical (unpaired) electrons. The zero-order chi connectivity index (χ0) is 66.1. The Bertz CT molecular complexity index is 1450. The summed E-state index contributed by atoms with van der Waals surface area (Å²) in [5.41, 5.74) is 0. The maximum Gasteiger partial charge on any atom is 0.306 e. The number of carbonyl (C=O) groups is 3. The van der Waals surface area contributed by atoms with Crippen LogP contribution in [0.2, 0.25) is 0 Å². The SMILES string of the molecule is CCCCCCCCCCCCCCCCCCCCCCCCCCCCCCCCCCCCCCCC(=O)OC(COC(=O)CCCCCCCCCCCCCCCCCCCCCCCCCCCCCCC)COC(OCC[N+](C)(C)C)C(=O)[O-]. The van der Waals surface area contributed by atoms with Gasteiger partial charge in [0, 0.05) is 12.8 Å². The van der Waals surface area contributed by atoms with Gasteiger partial charge in [-0.05, 0) is 12.8 Å². The minimum atomic E-state index is -1.62. The van der Waals surface area contributed by atoms with Crippen molar-refractivity contribution in [1.29, 1.82) is 0 Å². The van der Waals surface area contributed by atoms with Crippen LogP contribution in [0.25, 0.3) is 0 Å². The summed E-state index contributed by atoms with van der Waals surface area (Å²) in [5, 5.41) is 11.9. The van der Waals surface area contributed by atoms with Crippen molar-refractivity contribution in [3.63, 3.8) is 0 Å². The first-order valence-electron chi connectivity index (χ1n) is 41.2. The van der Waals surface area contributed by atoms with E-state index in [1.165, 1.54) is 385 Å². The second-order valence-electron chi connectivity index (χ2n) is 29.8. The number of likely N-dealkylation sites (N-methyl/N-ethyl adjacent to an activating group) is 1. The molecule has 0 aromatic heterocycles.